The zero-order valence-electron chi connectivity index (χ0n) is 15.5. The van der Waals surface area contributed by atoms with E-state index < -0.39 is 5.97 Å². The Bertz CT molecular complexity index is 1170. The van der Waals surface area contributed by atoms with Crippen LogP contribution in [0.4, 0.5) is 4.39 Å². The van der Waals surface area contributed by atoms with Gasteiger partial charge in [0, 0.05) is 10.8 Å². The first-order valence-corrected chi connectivity index (χ1v) is 9.18. The van der Waals surface area contributed by atoms with Crippen LogP contribution in [0.15, 0.2) is 77.6 Å². The summed E-state index contributed by atoms with van der Waals surface area (Å²) in [5, 5.41) is 1.11. The van der Waals surface area contributed by atoms with Gasteiger partial charge in [0.25, 0.3) is 0 Å². The van der Waals surface area contributed by atoms with Crippen LogP contribution >= 0.6 is 0 Å². The van der Waals surface area contributed by atoms with Crippen LogP contribution in [0.3, 0.4) is 0 Å². The van der Waals surface area contributed by atoms with Crippen molar-refractivity contribution in [2.75, 3.05) is 13.2 Å². The third-order valence-electron chi connectivity index (χ3n) is 4.59. The fourth-order valence-corrected chi connectivity index (χ4v) is 3.27. The molecule has 5 nitrogen and oxygen atoms in total. The monoisotopic (exact) mass is 391 g/mol. The Kier molecular flexibility index (Phi) is 5.24. The molecule has 0 unspecified atom stereocenters. The first kappa shape index (κ1) is 18.7. The van der Waals surface area contributed by atoms with Gasteiger partial charge in [0.05, 0.1) is 11.0 Å². The number of benzene rings is 3. The highest BCUT2D eigenvalue weighted by molar-refractivity contribution is 5.94. The highest BCUT2D eigenvalue weighted by Gasteiger charge is 2.13. The van der Waals surface area contributed by atoms with Crippen molar-refractivity contribution in [3.05, 3.63) is 88.8 Å². The van der Waals surface area contributed by atoms with Crippen molar-refractivity contribution in [1.29, 1.82) is 0 Å². The summed E-state index contributed by atoms with van der Waals surface area (Å²) in [4.78, 5) is 25.1. The molecule has 1 aromatic heterocycles. The SMILES string of the molecule is O=C(Cn1c2ccccc2c(=O)c2ccccc21)OCCOc1ccc(F)cc1. The Morgan fingerprint density at radius 2 is 1.41 bits per heavy atom. The van der Waals surface area contributed by atoms with Crippen LogP contribution in [-0.2, 0) is 16.1 Å². The molecular weight excluding hydrogens is 373 g/mol. The number of halogens is 1. The van der Waals surface area contributed by atoms with E-state index in [2.05, 4.69) is 0 Å². The summed E-state index contributed by atoms with van der Waals surface area (Å²) in [6.45, 7) is 0.188. The fourth-order valence-electron chi connectivity index (χ4n) is 3.27. The maximum absolute atomic E-state index is 12.9. The smallest absolute Gasteiger partial charge is 0.326 e. The van der Waals surface area contributed by atoms with E-state index >= 15 is 0 Å². The summed E-state index contributed by atoms with van der Waals surface area (Å²) in [5.41, 5.74) is 1.29. The maximum Gasteiger partial charge on any atom is 0.326 e. The number of aromatic nitrogens is 1. The molecular formula is C23H18FNO4. The van der Waals surface area contributed by atoms with Crippen molar-refractivity contribution in [1.82, 2.24) is 4.57 Å². The molecule has 29 heavy (non-hydrogen) atoms. The van der Waals surface area contributed by atoms with Crippen LogP contribution in [0, 0.1) is 5.82 Å². The van der Waals surface area contributed by atoms with Gasteiger partial charge in [0.15, 0.2) is 5.43 Å². The maximum atomic E-state index is 12.9. The number of carbonyl (C=O) groups is 1. The van der Waals surface area contributed by atoms with E-state index in [1.165, 1.54) is 24.3 Å². The molecule has 0 amide bonds. The molecule has 6 heteroatoms. The molecule has 0 saturated heterocycles. The van der Waals surface area contributed by atoms with E-state index in [1.54, 1.807) is 28.8 Å². The lowest BCUT2D eigenvalue weighted by Crippen LogP contribution is -2.20. The summed E-state index contributed by atoms with van der Waals surface area (Å²) in [6, 6.07) is 20.0. The second kappa shape index (κ2) is 8.14. The highest BCUT2D eigenvalue weighted by atomic mass is 19.1. The van der Waals surface area contributed by atoms with Gasteiger partial charge >= 0.3 is 5.97 Å². The molecule has 146 valence electrons. The van der Waals surface area contributed by atoms with Crippen molar-refractivity contribution >= 4 is 27.8 Å². The molecule has 0 atom stereocenters. The summed E-state index contributed by atoms with van der Waals surface area (Å²) in [7, 11) is 0. The molecule has 0 fully saturated rings. The second-order valence-electron chi connectivity index (χ2n) is 6.47. The highest BCUT2D eigenvalue weighted by Crippen LogP contribution is 2.19. The number of nitrogens with zero attached hydrogens (tertiary/aromatic N) is 1. The standard InChI is InChI=1S/C23H18FNO4/c24-16-9-11-17(12-10-16)28-13-14-29-22(26)15-25-20-7-3-1-5-18(20)23(27)19-6-2-4-8-21(19)25/h1-12H,13-15H2. The molecule has 0 saturated carbocycles. The van der Waals surface area contributed by atoms with Gasteiger partial charge in [-0.2, -0.15) is 0 Å². The minimum Gasteiger partial charge on any atom is -0.490 e. The molecule has 0 N–H and O–H groups in total. The average molecular weight is 391 g/mol. The lowest BCUT2D eigenvalue weighted by atomic mass is 10.1. The quantitative estimate of drug-likeness (QED) is 0.284. The first-order chi connectivity index (χ1) is 14.1. The molecule has 0 aliphatic carbocycles. The number of esters is 1. The normalized spacial score (nSPS) is 10.9. The van der Waals surface area contributed by atoms with Crippen molar-refractivity contribution in [2.45, 2.75) is 6.54 Å². The lowest BCUT2D eigenvalue weighted by Gasteiger charge is -2.14. The molecule has 0 spiro atoms. The number of para-hydroxylation sites is 2. The van der Waals surface area contributed by atoms with E-state index in [1.807, 2.05) is 24.3 Å². The van der Waals surface area contributed by atoms with E-state index in [0.717, 1.165) is 0 Å². The Morgan fingerprint density at radius 1 is 0.828 bits per heavy atom. The van der Waals surface area contributed by atoms with Crippen LogP contribution < -0.4 is 10.2 Å². The molecule has 3 aromatic carbocycles. The lowest BCUT2D eigenvalue weighted by molar-refractivity contribution is -0.144. The number of rotatable bonds is 6. The number of ether oxygens (including phenoxy) is 2. The zero-order valence-corrected chi connectivity index (χ0v) is 15.5. The van der Waals surface area contributed by atoms with E-state index in [9.17, 15) is 14.0 Å². The minimum absolute atomic E-state index is 0.0299. The first-order valence-electron chi connectivity index (χ1n) is 9.18. The van der Waals surface area contributed by atoms with Crippen LogP contribution in [-0.4, -0.2) is 23.8 Å². The number of pyridine rings is 1. The molecule has 4 rings (SSSR count). The Balaban J connectivity index is 1.49. The molecule has 0 bridgehead atoms. The van der Waals surface area contributed by atoms with Gasteiger partial charge in [-0.3, -0.25) is 9.59 Å². The molecule has 0 aliphatic heterocycles. The predicted molar refractivity (Wildman–Crippen MR) is 109 cm³/mol. The van der Waals surface area contributed by atoms with Crippen LogP contribution in [0.5, 0.6) is 5.75 Å². The van der Waals surface area contributed by atoms with Crippen LogP contribution in [0.2, 0.25) is 0 Å². The Labute approximate surface area is 165 Å². The third kappa shape index (κ3) is 3.96. The van der Waals surface area contributed by atoms with Gasteiger partial charge in [0.2, 0.25) is 0 Å². The van der Waals surface area contributed by atoms with Gasteiger partial charge in [-0.25, -0.2) is 4.39 Å². The van der Waals surface area contributed by atoms with Gasteiger partial charge < -0.3 is 14.0 Å². The van der Waals surface area contributed by atoms with Gasteiger partial charge in [-0.15, -0.1) is 0 Å². The average Bonchev–Trinajstić information content (AvgIpc) is 2.75. The summed E-state index contributed by atoms with van der Waals surface area (Å²) in [6.07, 6.45) is 0. The molecule has 1 heterocycles. The Hall–Kier alpha value is -3.67. The summed E-state index contributed by atoms with van der Waals surface area (Å²) < 4.78 is 25.4. The van der Waals surface area contributed by atoms with Crippen molar-refractivity contribution < 1.29 is 18.7 Å². The predicted octanol–water partition coefficient (Wildman–Crippen LogP) is 3.92. The molecule has 0 radical (unpaired) electrons. The van der Waals surface area contributed by atoms with Crippen LogP contribution in [0.1, 0.15) is 0 Å². The Morgan fingerprint density at radius 3 is 2.03 bits per heavy atom. The fraction of sp³-hybridized carbons (Fsp3) is 0.130. The second-order valence-corrected chi connectivity index (χ2v) is 6.47. The molecule has 4 aromatic rings. The molecule has 0 aliphatic rings. The zero-order chi connectivity index (χ0) is 20.2. The summed E-state index contributed by atoms with van der Waals surface area (Å²) in [5.74, 6) is -0.282. The van der Waals surface area contributed by atoms with Crippen molar-refractivity contribution in [3.63, 3.8) is 0 Å². The third-order valence-corrected chi connectivity index (χ3v) is 4.59. The van der Waals surface area contributed by atoms with Gasteiger partial charge in [-0.1, -0.05) is 24.3 Å². The van der Waals surface area contributed by atoms with Crippen LogP contribution in [0.25, 0.3) is 21.8 Å². The topological polar surface area (TPSA) is 57.5 Å². The number of fused-ring (bicyclic) bond motifs is 2. The summed E-state index contributed by atoms with van der Waals surface area (Å²) >= 11 is 0. The number of carbonyl (C=O) groups excluding carboxylic acids is 1. The number of hydrogen-bond donors (Lipinski definition) is 0. The largest absolute Gasteiger partial charge is 0.490 e. The van der Waals surface area contributed by atoms with E-state index in [0.29, 0.717) is 27.6 Å². The van der Waals surface area contributed by atoms with Gasteiger partial charge in [-0.05, 0) is 48.5 Å². The van der Waals surface area contributed by atoms with E-state index in [-0.39, 0.29) is 31.0 Å². The minimum atomic E-state index is -0.438. The van der Waals surface area contributed by atoms with E-state index in [4.69, 9.17) is 9.47 Å². The van der Waals surface area contributed by atoms with Crippen molar-refractivity contribution in [2.24, 2.45) is 0 Å². The van der Waals surface area contributed by atoms with Crippen molar-refractivity contribution in [3.8, 4) is 5.75 Å². The van der Waals surface area contributed by atoms with Gasteiger partial charge in [0.1, 0.15) is 31.3 Å². The number of hydrogen-bond acceptors (Lipinski definition) is 4.